The van der Waals surface area contributed by atoms with Crippen LogP contribution in [0.25, 0.3) is 10.9 Å². The fourth-order valence-corrected chi connectivity index (χ4v) is 2.17. The van der Waals surface area contributed by atoms with Crippen LogP contribution in [0.15, 0.2) is 22.7 Å². The number of benzene rings is 1. The Kier molecular flexibility index (Phi) is 4.32. The standard InChI is InChI=1S/C14H16BrN3O3/c1-14(2,3)21-13(19)16-11-6-8-5-9(15)7-10(20-4)12(8)18-17-11/h5-7H,1-4H3,(H,16,17,19). The average Bonchev–Trinajstić information content (AvgIpc) is 2.34. The molecule has 1 amide bonds. The number of methoxy groups -OCH3 is 1. The van der Waals surface area contributed by atoms with Crippen molar-refractivity contribution in [3.8, 4) is 5.75 Å². The number of nitrogens with zero attached hydrogens (tertiary/aromatic N) is 2. The summed E-state index contributed by atoms with van der Waals surface area (Å²) in [4.78, 5) is 11.7. The van der Waals surface area contributed by atoms with Crippen molar-refractivity contribution in [2.24, 2.45) is 0 Å². The number of aromatic nitrogens is 2. The van der Waals surface area contributed by atoms with Crippen LogP contribution in [0.5, 0.6) is 5.75 Å². The number of anilines is 1. The van der Waals surface area contributed by atoms with E-state index in [1.54, 1.807) is 40.0 Å². The zero-order valence-corrected chi connectivity index (χ0v) is 13.8. The molecule has 1 heterocycles. The van der Waals surface area contributed by atoms with E-state index in [-0.39, 0.29) is 0 Å². The molecule has 21 heavy (non-hydrogen) atoms. The molecule has 0 aliphatic rings. The van der Waals surface area contributed by atoms with Gasteiger partial charge in [0.15, 0.2) is 5.82 Å². The van der Waals surface area contributed by atoms with Crippen LogP contribution in [0.2, 0.25) is 0 Å². The Morgan fingerprint density at radius 3 is 2.57 bits per heavy atom. The highest BCUT2D eigenvalue weighted by atomic mass is 79.9. The molecule has 112 valence electrons. The van der Waals surface area contributed by atoms with Crippen LogP contribution < -0.4 is 10.1 Å². The first-order valence-electron chi connectivity index (χ1n) is 6.29. The second-order valence-corrected chi connectivity index (χ2v) is 6.32. The number of ether oxygens (including phenoxy) is 2. The van der Waals surface area contributed by atoms with Crippen LogP contribution in [0, 0.1) is 0 Å². The van der Waals surface area contributed by atoms with Gasteiger partial charge in [0.1, 0.15) is 16.9 Å². The molecular formula is C14H16BrN3O3. The fourth-order valence-electron chi connectivity index (χ4n) is 1.72. The largest absolute Gasteiger partial charge is 0.494 e. The number of amides is 1. The van der Waals surface area contributed by atoms with Gasteiger partial charge in [0.05, 0.1) is 7.11 Å². The monoisotopic (exact) mass is 353 g/mol. The minimum atomic E-state index is -0.571. The van der Waals surface area contributed by atoms with Gasteiger partial charge in [-0.2, -0.15) is 0 Å². The maximum absolute atomic E-state index is 11.7. The molecule has 0 saturated heterocycles. The van der Waals surface area contributed by atoms with E-state index in [1.807, 2.05) is 6.07 Å². The third-order valence-corrected chi connectivity index (χ3v) is 2.93. The molecule has 0 aliphatic carbocycles. The molecule has 2 aromatic rings. The van der Waals surface area contributed by atoms with E-state index in [0.717, 1.165) is 9.86 Å². The number of rotatable bonds is 2. The second-order valence-electron chi connectivity index (χ2n) is 5.40. The first-order chi connectivity index (χ1) is 9.78. The average molecular weight is 354 g/mol. The molecule has 0 aliphatic heterocycles. The van der Waals surface area contributed by atoms with Gasteiger partial charge < -0.3 is 9.47 Å². The molecule has 6 nitrogen and oxygen atoms in total. The molecule has 1 aromatic carbocycles. The van der Waals surface area contributed by atoms with Gasteiger partial charge in [0, 0.05) is 9.86 Å². The van der Waals surface area contributed by atoms with Crippen LogP contribution in [0.3, 0.4) is 0 Å². The minimum Gasteiger partial charge on any atom is -0.494 e. The van der Waals surface area contributed by atoms with E-state index in [0.29, 0.717) is 17.1 Å². The van der Waals surface area contributed by atoms with E-state index >= 15 is 0 Å². The van der Waals surface area contributed by atoms with Gasteiger partial charge in [0.25, 0.3) is 0 Å². The molecule has 0 fully saturated rings. The highest BCUT2D eigenvalue weighted by Crippen LogP contribution is 2.29. The number of carbonyl (C=O) groups is 1. The third-order valence-electron chi connectivity index (χ3n) is 2.47. The van der Waals surface area contributed by atoms with Crippen LogP contribution in [0.4, 0.5) is 10.6 Å². The van der Waals surface area contributed by atoms with Crippen LogP contribution in [-0.4, -0.2) is 29.0 Å². The number of halogens is 1. The summed E-state index contributed by atoms with van der Waals surface area (Å²) in [6.07, 6.45) is -0.571. The summed E-state index contributed by atoms with van der Waals surface area (Å²) in [5.41, 5.74) is 0.0519. The Hall–Kier alpha value is -1.89. The molecule has 2 rings (SSSR count). The summed E-state index contributed by atoms with van der Waals surface area (Å²) in [7, 11) is 1.57. The van der Waals surface area contributed by atoms with Crippen molar-refractivity contribution >= 4 is 38.7 Å². The van der Waals surface area contributed by atoms with Gasteiger partial charge in [-0.15, -0.1) is 10.2 Å². The molecule has 1 N–H and O–H groups in total. The van der Waals surface area contributed by atoms with Crippen molar-refractivity contribution < 1.29 is 14.3 Å². The highest BCUT2D eigenvalue weighted by molar-refractivity contribution is 9.10. The quantitative estimate of drug-likeness (QED) is 0.889. The molecular weight excluding hydrogens is 338 g/mol. The van der Waals surface area contributed by atoms with Gasteiger partial charge in [-0.1, -0.05) is 15.9 Å². The topological polar surface area (TPSA) is 73.3 Å². The van der Waals surface area contributed by atoms with Crippen molar-refractivity contribution in [1.29, 1.82) is 0 Å². The first kappa shape index (κ1) is 15.5. The van der Waals surface area contributed by atoms with E-state index in [4.69, 9.17) is 9.47 Å². The van der Waals surface area contributed by atoms with Crippen LogP contribution in [0.1, 0.15) is 20.8 Å². The summed E-state index contributed by atoms with van der Waals surface area (Å²) in [5.74, 6) is 0.924. The van der Waals surface area contributed by atoms with E-state index in [9.17, 15) is 4.79 Å². The summed E-state index contributed by atoms with van der Waals surface area (Å²) in [6, 6.07) is 5.38. The second kappa shape index (κ2) is 5.85. The number of fused-ring (bicyclic) bond motifs is 1. The predicted octanol–water partition coefficient (Wildman–Crippen LogP) is 3.75. The smallest absolute Gasteiger partial charge is 0.413 e. The van der Waals surface area contributed by atoms with Gasteiger partial charge in [-0.25, -0.2) is 4.79 Å². The molecule has 0 radical (unpaired) electrons. The number of nitrogens with one attached hydrogen (secondary N) is 1. The van der Waals surface area contributed by atoms with Gasteiger partial charge in [0.2, 0.25) is 0 Å². The third kappa shape index (κ3) is 4.04. The Balaban J connectivity index is 2.29. The fraction of sp³-hybridized carbons (Fsp3) is 0.357. The highest BCUT2D eigenvalue weighted by Gasteiger charge is 2.17. The molecule has 0 unspecified atom stereocenters. The maximum Gasteiger partial charge on any atom is 0.413 e. The Morgan fingerprint density at radius 2 is 1.95 bits per heavy atom. The zero-order chi connectivity index (χ0) is 15.6. The van der Waals surface area contributed by atoms with Crippen molar-refractivity contribution in [2.75, 3.05) is 12.4 Å². The minimum absolute atomic E-state index is 0.317. The molecule has 0 saturated carbocycles. The van der Waals surface area contributed by atoms with Gasteiger partial charge >= 0.3 is 6.09 Å². The van der Waals surface area contributed by atoms with Crippen molar-refractivity contribution in [3.63, 3.8) is 0 Å². The summed E-state index contributed by atoms with van der Waals surface area (Å²) >= 11 is 3.40. The normalized spacial score (nSPS) is 11.3. The molecule has 0 atom stereocenters. The molecule has 0 spiro atoms. The van der Waals surface area contributed by atoms with Gasteiger partial charge in [-0.3, -0.25) is 5.32 Å². The van der Waals surface area contributed by atoms with E-state index < -0.39 is 11.7 Å². The first-order valence-corrected chi connectivity index (χ1v) is 7.09. The summed E-state index contributed by atoms with van der Waals surface area (Å²) < 4.78 is 11.3. The van der Waals surface area contributed by atoms with Crippen LogP contribution >= 0.6 is 15.9 Å². The van der Waals surface area contributed by atoms with E-state index in [2.05, 4.69) is 31.4 Å². The van der Waals surface area contributed by atoms with Crippen molar-refractivity contribution in [2.45, 2.75) is 26.4 Å². The molecule has 1 aromatic heterocycles. The number of carbonyl (C=O) groups excluding carboxylic acids is 1. The lowest BCUT2D eigenvalue weighted by molar-refractivity contribution is 0.0635. The lowest BCUT2D eigenvalue weighted by Gasteiger charge is -2.19. The summed E-state index contributed by atoms with van der Waals surface area (Å²) in [6.45, 7) is 5.38. The SMILES string of the molecule is COc1cc(Br)cc2cc(NC(=O)OC(C)(C)C)nnc12. The summed E-state index contributed by atoms with van der Waals surface area (Å²) in [5, 5.41) is 11.4. The predicted molar refractivity (Wildman–Crippen MR) is 83.6 cm³/mol. The van der Waals surface area contributed by atoms with Gasteiger partial charge in [-0.05, 0) is 39.0 Å². The lowest BCUT2D eigenvalue weighted by atomic mass is 10.2. The van der Waals surface area contributed by atoms with E-state index in [1.165, 1.54) is 0 Å². The Bertz CT molecular complexity index is 683. The lowest BCUT2D eigenvalue weighted by Crippen LogP contribution is -2.27. The Morgan fingerprint density at radius 1 is 1.24 bits per heavy atom. The Labute approximate surface area is 131 Å². The molecule has 7 heteroatoms. The molecule has 0 bridgehead atoms. The zero-order valence-electron chi connectivity index (χ0n) is 12.2. The number of hydrogen-bond donors (Lipinski definition) is 1. The van der Waals surface area contributed by atoms with Crippen molar-refractivity contribution in [1.82, 2.24) is 10.2 Å². The maximum atomic E-state index is 11.7. The number of hydrogen-bond acceptors (Lipinski definition) is 5. The van der Waals surface area contributed by atoms with Crippen LogP contribution in [-0.2, 0) is 4.74 Å². The van der Waals surface area contributed by atoms with Crippen molar-refractivity contribution in [3.05, 3.63) is 22.7 Å².